The summed E-state index contributed by atoms with van der Waals surface area (Å²) in [5.74, 6) is 0.590. The number of fused-ring (bicyclic) bond motifs is 1. The molecule has 1 fully saturated rings. The first-order valence-electron chi connectivity index (χ1n) is 10.5. The van der Waals surface area contributed by atoms with E-state index in [1.807, 2.05) is 41.3 Å². The van der Waals surface area contributed by atoms with E-state index in [1.54, 1.807) is 7.11 Å². The van der Waals surface area contributed by atoms with Gasteiger partial charge in [0.05, 0.1) is 17.7 Å². The van der Waals surface area contributed by atoms with Gasteiger partial charge in [-0.15, -0.1) is 0 Å². The maximum absolute atomic E-state index is 13.5. The van der Waals surface area contributed by atoms with E-state index in [9.17, 15) is 4.79 Å². The number of nitrogens with zero attached hydrogens (tertiary/aromatic N) is 2. The van der Waals surface area contributed by atoms with Crippen LogP contribution in [0.4, 0.5) is 0 Å². The SMILES string of the molecule is COCCN(CCCc1ccccc1)C(=O)c1cc(C2CC2)nc2ccccc12. The van der Waals surface area contributed by atoms with E-state index in [-0.39, 0.29) is 5.91 Å². The molecule has 1 aliphatic rings. The highest BCUT2D eigenvalue weighted by Crippen LogP contribution is 2.40. The van der Waals surface area contributed by atoms with Crippen LogP contribution in [0.15, 0.2) is 60.7 Å². The molecular weight excluding hydrogens is 360 g/mol. The molecule has 2 aromatic carbocycles. The molecule has 1 aliphatic carbocycles. The minimum Gasteiger partial charge on any atom is -0.383 e. The van der Waals surface area contributed by atoms with Crippen LogP contribution in [0, 0.1) is 0 Å². The summed E-state index contributed by atoms with van der Waals surface area (Å²) in [6.45, 7) is 1.85. The molecule has 0 atom stereocenters. The van der Waals surface area contributed by atoms with Crippen LogP contribution >= 0.6 is 0 Å². The molecule has 0 unspecified atom stereocenters. The number of para-hydroxylation sites is 1. The van der Waals surface area contributed by atoms with Crippen LogP contribution in [0.3, 0.4) is 0 Å². The van der Waals surface area contributed by atoms with Gasteiger partial charge in [-0.3, -0.25) is 9.78 Å². The number of aromatic nitrogens is 1. The van der Waals surface area contributed by atoms with Gasteiger partial charge in [-0.1, -0.05) is 48.5 Å². The largest absolute Gasteiger partial charge is 0.383 e. The Bertz CT molecular complexity index is 967. The molecule has 0 radical (unpaired) electrons. The van der Waals surface area contributed by atoms with Crippen LogP contribution in [0.5, 0.6) is 0 Å². The van der Waals surface area contributed by atoms with E-state index in [2.05, 4.69) is 24.3 Å². The maximum atomic E-state index is 13.5. The lowest BCUT2D eigenvalue weighted by Crippen LogP contribution is -2.35. The van der Waals surface area contributed by atoms with Crippen LogP contribution < -0.4 is 0 Å². The van der Waals surface area contributed by atoms with Gasteiger partial charge in [-0.25, -0.2) is 0 Å². The normalized spacial score (nSPS) is 13.6. The average Bonchev–Trinajstić information content (AvgIpc) is 3.61. The number of hydrogen-bond acceptors (Lipinski definition) is 3. The summed E-state index contributed by atoms with van der Waals surface area (Å²) in [6, 6.07) is 20.4. The molecule has 4 nitrogen and oxygen atoms in total. The van der Waals surface area contributed by atoms with E-state index < -0.39 is 0 Å². The number of carbonyl (C=O) groups is 1. The van der Waals surface area contributed by atoms with Gasteiger partial charge in [0.2, 0.25) is 0 Å². The van der Waals surface area contributed by atoms with Crippen molar-refractivity contribution in [3.63, 3.8) is 0 Å². The number of ether oxygens (including phenoxy) is 1. The Morgan fingerprint density at radius 2 is 1.83 bits per heavy atom. The lowest BCUT2D eigenvalue weighted by molar-refractivity contribution is 0.0695. The van der Waals surface area contributed by atoms with Crippen molar-refractivity contribution < 1.29 is 9.53 Å². The van der Waals surface area contributed by atoms with Crippen LogP contribution in [0.25, 0.3) is 10.9 Å². The van der Waals surface area contributed by atoms with Crippen molar-refractivity contribution >= 4 is 16.8 Å². The lowest BCUT2D eigenvalue weighted by atomic mass is 10.0. The van der Waals surface area contributed by atoms with Gasteiger partial charge in [0.1, 0.15) is 0 Å². The van der Waals surface area contributed by atoms with Crippen molar-refractivity contribution in [1.29, 1.82) is 0 Å². The minimum absolute atomic E-state index is 0.0793. The second kappa shape index (κ2) is 9.19. The molecule has 3 aromatic rings. The van der Waals surface area contributed by atoms with Gasteiger partial charge in [0.25, 0.3) is 5.91 Å². The molecule has 0 saturated heterocycles. The molecule has 150 valence electrons. The molecular formula is C25H28N2O2. The van der Waals surface area contributed by atoms with Crippen molar-refractivity contribution in [2.45, 2.75) is 31.6 Å². The third-order valence-electron chi connectivity index (χ3n) is 5.55. The zero-order valence-electron chi connectivity index (χ0n) is 17.0. The lowest BCUT2D eigenvalue weighted by Gasteiger charge is -2.23. The van der Waals surface area contributed by atoms with Gasteiger partial charge in [-0.2, -0.15) is 0 Å². The van der Waals surface area contributed by atoms with Gasteiger partial charge in [0, 0.05) is 37.2 Å². The Balaban J connectivity index is 1.56. The molecule has 0 spiro atoms. The van der Waals surface area contributed by atoms with Crippen LogP contribution in [0.2, 0.25) is 0 Å². The first kappa shape index (κ1) is 19.6. The zero-order chi connectivity index (χ0) is 20.1. The molecule has 0 aliphatic heterocycles. The molecule has 1 amide bonds. The predicted molar refractivity (Wildman–Crippen MR) is 116 cm³/mol. The van der Waals surface area contributed by atoms with Crippen LogP contribution in [-0.4, -0.2) is 42.6 Å². The fourth-order valence-electron chi connectivity index (χ4n) is 3.77. The Hall–Kier alpha value is -2.72. The molecule has 1 heterocycles. The van der Waals surface area contributed by atoms with Crippen molar-refractivity contribution in [1.82, 2.24) is 9.88 Å². The van der Waals surface area contributed by atoms with Gasteiger partial charge in [-0.05, 0) is 43.4 Å². The summed E-state index contributed by atoms with van der Waals surface area (Å²) in [4.78, 5) is 20.3. The number of methoxy groups -OCH3 is 1. The number of hydrogen-bond donors (Lipinski definition) is 0. The number of benzene rings is 2. The fourth-order valence-corrected chi connectivity index (χ4v) is 3.77. The monoisotopic (exact) mass is 388 g/mol. The third-order valence-corrected chi connectivity index (χ3v) is 5.55. The maximum Gasteiger partial charge on any atom is 0.254 e. The summed E-state index contributed by atoms with van der Waals surface area (Å²) in [7, 11) is 1.68. The van der Waals surface area contributed by atoms with Gasteiger partial charge >= 0.3 is 0 Å². The standard InChI is InChI=1S/C25H28N2O2/c1-29-17-16-27(15-7-10-19-8-3-2-4-9-19)25(28)22-18-24(20-13-14-20)26-23-12-6-5-11-21(22)23/h2-6,8-9,11-12,18,20H,7,10,13-17H2,1H3. The first-order valence-corrected chi connectivity index (χ1v) is 10.5. The Morgan fingerprint density at radius 3 is 2.59 bits per heavy atom. The second-order valence-corrected chi connectivity index (χ2v) is 7.76. The molecule has 0 N–H and O–H groups in total. The second-order valence-electron chi connectivity index (χ2n) is 7.76. The molecule has 4 rings (SSSR count). The molecule has 0 bridgehead atoms. The summed E-state index contributed by atoms with van der Waals surface area (Å²) in [6.07, 6.45) is 4.23. The number of aryl methyl sites for hydroxylation is 1. The molecule has 1 aromatic heterocycles. The Morgan fingerprint density at radius 1 is 1.07 bits per heavy atom. The molecule has 4 heteroatoms. The van der Waals surface area contributed by atoms with Crippen molar-refractivity contribution in [3.8, 4) is 0 Å². The number of carbonyl (C=O) groups excluding carboxylic acids is 1. The summed E-state index contributed by atoms with van der Waals surface area (Å²) < 4.78 is 5.28. The van der Waals surface area contributed by atoms with Crippen molar-refractivity contribution in [2.75, 3.05) is 26.8 Å². The highest BCUT2D eigenvalue weighted by atomic mass is 16.5. The van der Waals surface area contributed by atoms with Gasteiger partial charge in [0.15, 0.2) is 0 Å². The van der Waals surface area contributed by atoms with E-state index in [1.165, 1.54) is 18.4 Å². The topological polar surface area (TPSA) is 42.4 Å². The summed E-state index contributed by atoms with van der Waals surface area (Å²) >= 11 is 0. The van der Waals surface area contributed by atoms with E-state index >= 15 is 0 Å². The highest BCUT2D eigenvalue weighted by Gasteiger charge is 2.28. The van der Waals surface area contributed by atoms with Crippen molar-refractivity contribution in [3.05, 3.63) is 77.5 Å². The minimum atomic E-state index is 0.0793. The van der Waals surface area contributed by atoms with E-state index in [0.29, 0.717) is 25.6 Å². The number of rotatable bonds is 9. The van der Waals surface area contributed by atoms with E-state index in [0.717, 1.165) is 35.0 Å². The summed E-state index contributed by atoms with van der Waals surface area (Å²) in [5, 5.41) is 0.937. The first-order chi connectivity index (χ1) is 14.3. The number of pyridine rings is 1. The Kier molecular flexibility index (Phi) is 6.20. The number of amides is 1. The third kappa shape index (κ3) is 4.83. The van der Waals surface area contributed by atoms with Crippen LogP contribution in [-0.2, 0) is 11.2 Å². The highest BCUT2D eigenvalue weighted by molar-refractivity contribution is 6.06. The van der Waals surface area contributed by atoms with E-state index in [4.69, 9.17) is 9.72 Å². The molecule has 1 saturated carbocycles. The Labute approximate surface area is 172 Å². The fraction of sp³-hybridized carbons (Fsp3) is 0.360. The predicted octanol–water partition coefficient (Wildman–Crippen LogP) is 4.83. The zero-order valence-corrected chi connectivity index (χ0v) is 17.0. The molecule has 29 heavy (non-hydrogen) atoms. The quantitative estimate of drug-likeness (QED) is 0.527. The van der Waals surface area contributed by atoms with Crippen molar-refractivity contribution in [2.24, 2.45) is 0 Å². The smallest absolute Gasteiger partial charge is 0.254 e. The van der Waals surface area contributed by atoms with Crippen LogP contribution in [0.1, 0.15) is 46.8 Å². The van der Waals surface area contributed by atoms with Gasteiger partial charge < -0.3 is 9.64 Å². The average molecular weight is 389 g/mol. The summed E-state index contributed by atoms with van der Waals surface area (Å²) in [5.41, 5.74) is 4.05.